The highest BCUT2D eigenvalue weighted by molar-refractivity contribution is 5.38. The third-order valence-electron chi connectivity index (χ3n) is 3.11. The lowest BCUT2D eigenvalue weighted by Crippen LogP contribution is -1.97. The van der Waals surface area contributed by atoms with Crippen LogP contribution >= 0.6 is 0 Å². The van der Waals surface area contributed by atoms with Crippen LogP contribution in [-0.2, 0) is 12.8 Å². The van der Waals surface area contributed by atoms with Crippen LogP contribution in [0.4, 0.5) is 5.82 Å². The fourth-order valence-electron chi connectivity index (χ4n) is 2.34. The minimum Gasteiger partial charge on any atom is -0.382 e. The maximum Gasteiger partial charge on any atom is 0.145 e. The number of nitrogens with two attached hydrogens (primary N) is 1. The molecule has 1 heterocycles. The summed E-state index contributed by atoms with van der Waals surface area (Å²) in [6.45, 7) is 0. The van der Waals surface area contributed by atoms with Gasteiger partial charge in [-0.05, 0) is 24.0 Å². The van der Waals surface area contributed by atoms with Crippen molar-refractivity contribution in [2.24, 2.45) is 0 Å². The van der Waals surface area contributed by atoms with Gasteiger partial charge in [-0.3, -0.25) is 5.10 Å². The fourth-order valence-corrected chi connectivity index (χ4v) is 2.34. The SMILES string of the molecule is Nc1cc(C2Cc3ccccc3C2)[nH]n1. The first-order chi connectivity index (χ1) is 7.33. The molecule has 1 aliphatic rings. The second-order valence-electron chi connectivity index (χ2n) is 4.12. The van der Waals surface area contributed by atoms with Crippen molar-refractivity contribution in [3.8, 4) is 0 Å². The summed E-state index contributed by atoms with van der Waals surface area (Å²) in [6.07, 6.45) is 2.19. The van der Waals surface area contributed by atoms with E-state index >= 15 is 0 Å². The summed E-state index contributed by atoms with van der Waals surface area (Å²) >= 11 is 0. The molecular formula is C12H13N3. The molecule has 1 aliphatic carbocycles. The fraction of sp³-hybridized carbons (Fsp3) is 0.250. The third-order valence-corrected chi connectivity index (χ3v) is 3.11. The van der Waals surface area contributed by atoms with Crippen molar-refractivity contribution in [3.63, 3.8) is 0 Å². The van der Waals surface area contributed by atoms with Gasteiger partial charge >= 0.3 is 0 Å². The zero-order valence-corrected chi connectivity index (χ0v) is 8.40. The second-order valence-corrected chi connectivity index (χ2v) is 4.12. The summed E-state index contributed by atoms with van der Waals surface area (Å²) in [6, 6.07) is 10.5. The van der Waals surface area contributed by atoms with Crippen LogP contribution in [0, 0.1) is 0 Å². The first kappa shape index (κ1) is 8.53. The van der Waals surface area contributed by atoms with E-state index in [1.807, 2.05) is 6.07 Å². The van der Waals surface area contributed by atoms with Gasteiger partial charge in [0.2, 0.25) is 0 Å². The van der Waals surface area contributed by atoms with E-state index in [0.717, 1.165) is 18.5 Å². The molecule has 3 nitrogen and oxygen atoms in total. The van der Waals surface area contributed by atoms with E-state index in [0.29, 0.717) is 11.7 Å². The van der Waals surface area contributed by atoms with Gasteiger partial charge in [0.05, 0.1) is 0 Å². The Morgan fingerprint density at radius 3 is 2.40 bits per heavy atom. The van der Waals surface area contributed by atoms with Gasteiger partial charge < -0.3 is 5.73 Å². The summed E-state index contributed by atoms with van der Waals surface area (Å²) in [7, 11) is 0. The minimum absolute atomic E-state index is 0.521. The molecule has 1 aromatic carbocycles. The van der Waals surface area contributed by atoms with Gasteiger partial charge in [-0.1, -0.05) is 24.3 Å². The number of anilines is 1. The van der Waals surface area contributed by atoms with Crippen LogP contribution in [0.2, 0.25) is 0 Å². The average Bonchev–Trinajstić information content (AvgIpc) is 2.82. The molecule has 0 bridgehead atoms. The molecule has 0 unspecified atom stereocenters. The lowest BCUT2D eigenvalue weighted by molar-refractivity contribution is 0.709. The smallest absolute Gasteiger partial charge is 0.145 e. The summed E-state index contributed by atoms with van der Waals surface area (Å²) in [5.74, 6) is 1.10. The second kappa shape index (κ2) is 3.12. The Morgan fingerprint density at radius 1 is 1.20 bits per heavy atom. The summed E-state index contributed by atoms with van der Waals surface area (Å²) < 4.78 is 0. The van der Waals surface area contributed by atoms with Gasteiger partial charge in [-0.2, -0.15) is 5.10 Å². The molecule has 2 aromatic rings. The largest absolute Gasteiger partial charge is 0.382 e. The normalized spacial score (nSPS) is 15.5. The molecule has 0 radical (unpaired) electrons. The highest BCUT2D eigenvalue weighted by Gasteiger charge is 2.23. The van der Waals surface area contributed by atoms with E-state index in [2.05, 4.69) is 34.5 Å². The summed E-state index contributed by atoms with van der Waals surface area (Å²) in [5.41, 5.74) is 9.67. The van der Waals surface area contributed by atoms with E-state index in [1.54, 1.807) is 0 Å². The monoisotopic (exact) mass is 199 g/mol. The van der Waals surface area contributed by atoms with Crippen LogP contribution in [0.1, 0.15) is 22.7 Å². The molecule has 0 atom stereocenters. The number of nitrogens with zero attached hydrogens (tertiary/aromatic N) is 1. The van der Waals surface area contributed by atoms with Crippen molar-refractivity contribution in [1.29, 1.82) is 0 Å². The van der Waals surface area contributed by atoms with E-state index in [1.165, 1.54) is 11.1 Å². The average molecular weight is 199 g/mol. The van der Waals surface area contributed by atoms with E-state index < -0.39 is 0 Å². The Kier molecular flexibility index (Phi) is 1.78. The highest BCUT2D eigenvalue weighted by Crippen LogP contribution is 2.33. The van der Waals surface area contributed by atoms with Crippen molar-refractivity contribution in [2.75, 3.05) is 5.73 Å². The Labute approximate surface area is 88.3 Å². The van der Waals surface area contributed by atoms with Crippen molar-refractivity contribution >= 4 is 5.82 Å². The number of fused-ring (bicyclic) bond motifs is 1. The maximum atomic E-state index is 5.61. The van der Waals surface area contributed by atoms with Crippen molar-refractivity contribution < 1.29 is 0 Å². The zero-order chi connectivity index (χ0) is 10.3. The number of aromatic nitrogens is 2. The quantitative estimate of drug-likeness (QED) is 0.736. The molecule has 0 spiro atoms. The van der Waals surface area contributed by atoms with Crippen LogP contribution in [0.15, 0.2) is 30.3 Å². The van der Waals surface area contributed by atoms with E-state index in [-0.39, 0.29) is 0 Å². The number of hydrogen-bond acceptors (Lipinski definition) is 2. The van der Waals surface area contributed by atoms with Gasteiger partial charge in [0.15, 0.2) is 0 Å². The molecular weight excluding hydrogens is 186 g/mol. The van der Waals surface area contributed by atoms with Crippen molar-refractivity contribution in [1.82, 2.24) is 10.2 Å². The molecule has 3 heteroatoms. The van der Waals surface area contributed by atoms with Crippen LogP contribution in [0.5, 0.6) is 0 Å². The molecule has 3 N–H and O–H groups in total. The predicted octanol–water partition coefficient (Wildman–Crippen LogP) is 1.87. The van der Waals surface area contributed by atoms with Crippen molar-refractivity contribution in [2.45, 2.75) is 18.8 Å². The lowest BCUT2D eigenvalue weighted by Gasteiger charge is -2.03. The van der Waals surface area contributed by atoms with Gasteiger partial charge in [0.1, 0.15) is 5.82 Å². The Balaban J connectivity index is 1.90. The van der Waals surface area contributed by atoms with Gasteiger partial charge in [-0.25, -0.2) is 0 Å². The summed E-state index contributed by atoms with van der Waals surface area (Å²) in [4.78, 5) is 0. The Bertz CT molecular complexity index is 462. The molecule has 0 saturated heterocycles. The Hall–Kier alpha value is -1.77. The molecule has 0 fully saturated rings. The zero-order valence-electron chi connectivity index (χ0n) is 8.40. The summed E-state index contributed by atoms with van der Waals surface area (Å²) in [5, 5.41) is 6.98. The first-order valence-electron chi connectivity index (χ1n) is 5.20. The maximum absolute atomic E-state index is 5.61. The number of aromatic amines is 1. The minimum atomic E-state index is 0.521. The number of rotatable bonds is 1. The number of nitrogen functional groups attached to an aromatic ring is 1. The van der Waals surface area contributed by atoms with E-state index in [4.69, 9.17) is 5.73 Å². The first-order valence-corrected chi connectivity index (χ1v) is 5.20. The standard InChI is InChI=1S/C12H13N3/c13-12-7-11(14-15-12)10-5-8-3-1-2-4-9(8)6-10/h1-4,7,10H,5-6H2,(H3,13,14,15). The van der Waals surface area contributed by atoms with Crippen molar-refractivity contribution in [3.05, 3.63) is 47.2 Å². The van der Waals surface area contributed by atoms with Gasteiger partial charge in [0.25, 0.3) is 0 Å². The molecule has 0 amide bonds. The number of H-pyrrole nitrogens is 1. The number of nitrogens with one attached hydrogen (secondary N) is 1. The predicted molar refractivity (Wildman–Crippen MR) is 59.6 cm³/mol. The molecule has 3 rings (SSSR count). The third kappa shape index (κ3) is 1.40. The highest BCUT2D eigenvalue weighted by atomic mass is 15.2. The van der Waals surface area contributed by atoms with Crippen LogP contribution in [0.25, 0.3) is 0 Å². The Morgan fingerprint density at radius 2 is 1.87 bits per heavy atom. The van der Waals surface area contributed by atoms with E-state index in [9.17, 15) is 0 Å². The molecule has 0 aliphatic heterocycles. The molecule has 1 aromatic heterocycles. The van der Waals surface area contributed by atoms with Gasteiger partial charge in [-0.15, -0.1) is 0 Å². The van der Waals surface area contributed by atoms with Crippen LogP contribution < -0.4 is 5.73 Å². The van der Waals surface area contributed by atoms with Gasteiger partial charge in [0, 0.05) is 17.7 Å². The molecule has 76 valence electrons. The van der Waals surface area contributed by atoms with Crippen LogP contribution in [-0.4, -0.2) is 10.2 Å². The number of hydrogen-bond donors (Lipinski definition) is 2. The van der Waals surface area contributed by atoms with Crippen LogP contribution in [0.3, 0.4) is 0 Å². The molecule has 15 heavy (non-hydrogen) atoms. The number of benzene rings is 1. The topological polar surface area (TPSA) is 54.7 Å². The lowest BCUT2D eigenvalue weighted by atomic mass is 10.0. The molecule has 0 saturated carbocycles.